The van der Waals surface area contributed by atoms with Crippen molar-refractivity contribution in [3.63, 3.8) is 0 Å². The molecule has 0 amide bonds. The zero-order valence-corrected chi connectivity index (χ0v) is 16.9. The van der Waals surface area contributed by atoms with Gasteiger partial charge in [0.05, 0.1) is 19.9 Å². The van der Waals surface area contributed by atoms with E-state index in [-0.39, 0.29) is 0 Å². The van der Waals surface area contributed by atoms with Crippen LogP contribution in [-0.4, -0.2) is 19.2 Å². The van der Waals surface area contributed by atoms with Crippen molar-refractivity contribution >= 4 is 5.57 Å². The number of pyridine rings is 1. The van der Waals surface area contributed by atoms with Crippen LogP contribution in [0.25, 0.3) is 16.8 Å². The summed E-state index contributed by atoms with van der Waals surface area (Å²) in [7, 11) is 3.31. The smallest absolute Gasteiger partial charge is 0.161 e. The van der Waals surface area contributed by atoms with Crippen molar-refractivity contribution in [1.82, 2.24) is 4.98 Å². The number of unbranched alkanes of at least 4 members (excludes halogenated alkanes) is 4. The summed E-state index contributed by atoms with van der Waals surface area (Å²) in [6.07, 6.45) is 12.4. The molecule has 0 aliphatic heterocycles. The van der Waals surface area contributed by atoms with Gasteiger partial charge in [-0.1, -0.05) is 44.2 Å². The largest absolute Gasteiger partial charge is 0.493 e. The molecule has 1 fully saturated rings. The van der Waals surface area contributed by atoms with Crippen molar-refractivity contribution in [2.75, 3.05) is 14.2 Å². The molecule has 144 valence electrons. The average Bonchev–Trinajstić information content (AvgIpc) is 3.55. The quantitative estimate of drug-likeness (QED) is 0.440. The van der Waals surface area contributed by atoms with E-state index in [9.17, 15) is 0 Å². The number of hydrogen-bond acceptors (Lipinski definition) is 3. The first-order valence-corrected chi connectivity index (χ1v) is 10.2. The predicted octanol–water partition coefficient (Wildman–Crippen LogP) is 6.67. The van der Waals surface area contributed by atoms with Gasteiger partial charge in [-0.2, -0.15) is 0 Å². The average molecular weight is 366 g/mol. The fourth-order valence-corrected chi connectivity index (χ4v) is 3.53. The number of benzene rings is 1. The Hall–Kier alpha value is -2.29. The van der Waals surface area contributed by atoms with E-state index in [0.717, 1.165) is 22.8 Å². The number of rotatable bonds is 10. The van der Waals surface area contributed by atoms with Crippen LogP contribution in [0.3, 0.4) is 0 Å². The van der Waals surface area contributed by atoms with Crippen molar-refractivity contribution in [3.05, 3.63) is 47.7 Å². The Morgan fingerprint density at radius 1 is 0.926 bits per heavy atom. The van der Waals surface area contributed by atoms with Gasteiger partial charge in [0.15, 0.2) is 11.5 Å². The molecule has 1 aliphatic carbocycles. The van der Waals surface area contributed by atoms with Crippen molar-refractivity contribution in [1.29, 1.82) is 0 Å². The van der Waals surface area contributed by atoms with Gasteiger partial charge in [0.25, 0.3) is 0 Å². The van der Waals surface area contributed by atoms with E-state index >= 15 is 0 Å². The first-order valence-electron chi connectivity index (χ1n) is 10.2. The molecule has 1 saturated carbocycles. The predicted molar refractivity (Wildman–Crippen MR) is 112 cm³/mol. The summed E-state index contributed by atoms with van der Waals surface area (Å²) in [5, 5.41) is 0. The van der Waals surface area contributed by atoms with Crippen LogP contribution in [0.2, 0.25) is 0 Å². The molecule has 3 rings (SSSR count). The van der Waals surface area contributed by atoms with Crippen LogP contribution in [0.1, 0.15) is 63.9 Å². The zero-order chi connectivity index (χ0) is 19.1. The number of methoxy groups -OCH3 is 2. The van der Waals surface area contributed by atoms with E-state index < -0.39 is 0 Å². The number of ether oxygens (including phenoxy) is 2. The molecule has 1 heterocycles. The number of aromatic nitrogens is 1. The Morgan fingerprint density at radius 3 is 2.33 bits per heavy atom. The highest BCUT2D eigenvalue weighted by Crippen LogP contribution is 2.39. The summed E-state index contributed by atoms with van der Waals surface area (Å²) in [5.74, 6) is 1.47. The molecular formula is C24H31NO2. The second-order valence-corrected chi connectivity index (χ2v) is 7.25. The number of nitrogens with zero attached hydrogens (tertiary/aromatic N) is 1. The molecule has 1 aliphatic rings. The number of hydrogen-bond donors (Lipinski definition) is 0. The van der Waals surface area contributed by atoms with Crippen molar-refractivity contribution in [2.24, 2.45) is 0 Å². The Kier molecular flexibility index (Phi) is 6.92. The zero-order valence-electron chi connectivity index (χ0n) is 16.9. The first kappa shape index (κ1) is 19.5. The van der Waals surface area contributed by atoms with Crippen LogP contribution in [-0.2, 0) is 0 Å². The summed E-state index contributed by atoms with van der Waals surface area (Å²) in [6, 6.07) is 10.3. The fraction of sp³-hybridized carbons (Fsp3) is 0.458. The van der Waals surface area contributed by atoms with Gasteiger partial charge in [0.2, 0.25) is 0 Å². The van der Waals surface area contributed by atoms with E-state index in [1.54, 1.807) is 19.8 Å². The molecule has 3 nitrogen and oxygen atoms in total. The van der Waals surface area contributed by atoms with Gasteiger partial charge in [0, 0.05) is 11.8 Å². The highest BCUT2D eigenvalue weighted by molar-refractivity contribution is 5.72. The Bertz CT molecular complexity index is 771. The summed E-state index contributed by atoms with van der Waals surface area (Å²) < 4.78 is 10.7. The summed E-state index contributed by atoms with van der Waals surface area (Å²) in [5.41, 5.74) is 6.47. The molecule has 0 radical (unpaired) electrons. The molecule has 0 saturated heterocycles. The maximum atomic E-state index is 5.41. The second kappa shape index (κ2) is 9.59. The van der Waals surface area contributed by atoms with Crippen molar-refractivity contribution in [3.8, 4) is 22.8 Å². The summed E-state index contributed by atoms with van der Waals surface area (Å²) in [6.45, 7) is 2.27. The van der Waals surface area contributed by atoms with Crippen LogP contribution in [0.5, 0.6) is 11.5 Å². The van der Waals surface area contributed by atoms with Gasteiger partial charge >= 0.3 is 0 Å². The van der Waals surface area contributed by atoms with Gasteiger partial charge in [-0.05, 0) is 61.1 Å². The molecule has 0 atom stereocenters. The van der Waals surface area contributed by atoms with Crippen LogP contribution >= 0.6 is 0 Å². The molecular weight excluding hydrogens is 334 g/mol. The fourth-order valence-electron chi connectivity index (χ4n) is 3.53. The Morgan fingerprint density at radius 2 is 1.70 bits per heavy atom. The lowest BCUT2D eigenvalue weighted by molar-refractivity contribution is 0.355. The molecule has 2 aromatic rings. The van der Waals surface area contributed by atoms with E-state index in [1.165, 1.54) is 62.5 Å². The van der Waals surface area contributed by atoms with E-state index in [4.69, 9.17) is 14.5 Å². The normalized spacial score (nSPS) is 12.8. The van der Waals surface area contributed by atoms with Crippen molar-refractivity contribution < 1.29 is 9.47 Å². The molecule has 1 aromatic carbocycles. The molecule has 0 spiro atoms. The molecule has 0 unspecified atom stereocenters. The monoisotopic (exact) mass is 365 g/mol. The van der Waals surface area contributed by atoms with E-state index in [0.29, 0.717) is 0 Å². The van der Waals surface area contributed by atoms with Gasteiger partial charge in [-0.15, -0.1) is 0 Å². The SMILES string of the molecule is CCCCCCCC(=C1CC1)c1ccc(-c2ccc(OC)c(OC)c2)nc1. The molecule has 0 N–H and O–H groups in total. The van der Waals surface area contributed by atoms with Gasteiger partial charge in [0.1, 0.15) is 0 Å². The van der Waals surface area contributed by atoms with Crippen LogP contribution in [0.4, 0.5) is 0 Å². The maximum absolute atomic E-state index is 5.41. The third-order valence-electron chi connectivity index (χ3n) is 5.25. The lowest BCUT2D eigenvalue weighted by Gasteiger charge is -2.11. The second-order valence-electron chi connectivity index (χ2n) is 7.25. The topological polar surface area (TPSA) is 31.4 Å². The number of allylic oxidation sites excluding steroid dienone is 2. The lowest BCUT2D eigenvalue weighted by atomic mass is 9.98. The van der Waals surface area contributed by atoms with Crippen LogP contribution in [0.15, 0.2) is 42.1 Å². The molecule has 0 bridgehead atoms. The standard InChI is InChI=1S/C24H31NO2/c1-4-5-6-7-8-9-21(18-10-11-18)20-12-14-22(25-17-20)19-13-15-23(26-2)24(16-19)27-3/h12-17H,4-11H2,1-3H3. The molecule has 3 heteroatoms. The Labute approximate surface area is 163 Å². The Balaban J connectivity index is 1.71. The third-order valence-corrected chi connectivity index (χ3v) is 5.25. The van der Waals surface area contributed by atoms with E-state index in [1.807, 2.05) is 24.4 Å². The minimum atomic E-state index is 0.730. The lowest BCUT2D eigenvalue weighted by Crippen LogP contribution is -1.93. The maximum Gasteiger partial charge on any atom is 0.161 e. The highest BCUT2D eigenvalue weighted by atomic mass is 16.5. The summed E-state index contributed by atoms with van der Waals surface area (Å²) >= 11 is 0. The van der Waals surface area contributed by atoms with Crippen LogP contribution in [0, 0.1) is 0 Å². The minimum absolute atomic E-state index is 0.730. The highest BCUT2D eigenvalue weighted by Gasteiger charge is 2.19. The molecule has 1 aromatic heterocycles. The first-order chi connectivity index (χ1) is 13.3. The van der Waals surface area contributed by atoms with Gasteiger partial charge in [-0.3, -0.25) is 4.98 Å². The van der Waals surface area contributed by atoms with Gasteiger partial charge < -0.3 is 9.47 Å². The van der Waals surface area contributed by atoms with Crippen molar-refractivity contribution in [2.45, 2.75) is 58.3 Å². The molecule has 27 heavy (non-hydrogen) atoms. The van der Waals surface area contributed by atoms with Crippen LogP contribution < -0.4 is 9.47 Å². The third kappa shape index (κ3) is 5.12. The minimum Gasteiger partial charge on any atom is -0.493 e. The van der Waals surface area contributed by atoms with E-state index in [2.05, 4.69) is 19.1 Å². The summed E-state index contributed by atoms with van der Waals surface area (Å²) in [4.78, 5) is 4.74. The van der Waals surface area contributed by atoms with Gasteiger partial charge in [-0.25, -0.2) is 0 Å².